The summed E-state index contributed by atoms with van der Waals surface area (Å²) < 4.78 is 54.2. The molecule has 0 saturated heterocycles. The summed E-state index contributed by atoms with van der Waals surface area (Å²) in [6.45, 7) is -1.52. The van der Waals surface area contributed by atoms with Crippen LogP contribution in [0.15, 0.2) is 18.3 Å². The zero-order valence-electron chi connectivity index (χ0n) is 13.6. The van der Waals surface area contributed by atoms with Crippen LogP contribution in [0.2, 0.25) is 0 Å². The van der Waals surface area contributed by atoms with Crippen molar-refractivity contribution < 1.29 is 37.0 Å². The van der Waals surface area contributed by atoms with Crippen LogP contribution in [0.25, 0.3) is 0 Å². The number of nitrogens with zero attached hydrogens (tertiary/aromatic N) is 1. The molecule has 1 heterocycles. The number of rotatable bonds is 7. The Morgan fingerprint density at radius 2 is 1.92 bits per heavy atom. The van der Waals surface area contributed by atoms with E-state index in [-0.39, 0.29) is 17.5 Å². The maximum absolute atomic E-state index is 12.8. The number of aliphatic carboxylic acids is 1. The van der Waals surface area contributed by atoms with Crippen LogP contribution in [0.4, 0.5) is 17.6 Å². The second-order valence-corrected chi connectivity index (χ2v) is 6.10. The van der Waals surface area contributed by atoms with E-state index >= 15 is 0 Å². The second kappa shape index (κ2) is 8.33. The molecule has 144 valence electrons. The SMILES string of the molecule is O=C(NC1CCC(C(=O)O)CC1)c1ccc(OCC(F)(F)C(F)F)nc1. The summed E-state index contributed by atoms with van der Waals surface area (Å²) in [5.74, 6) is -6.27. The summed E-state index contributed by atoms with van der Waals surface area (Å²) in [6.07, 6.45) is -0.717. The van der Waals surface area contributed by atoms with Gasteiger partial charge in [-0.3, -0.25) is 9.59 Å². The van der Waals surface area contributed by atoms with Crippen molar-refractivity contribution in [2.75, 3.05) is 6.61 Å². The van der Waals surface area contributed by atoms with E-state index in [0.717, 1.165) is 12.3 Å². The average molecular weight is 378 g/mol. The molecule has 0 bridgehead atoms. The number of carbonyl (C=O) groups is 2. The Balaban J connectivity index is 1.84. The van der Waals surface area contributed by atoms with Gasteiger partial charge in [-0.15, -0.1) is 0 Å². The Labute approximate surface area is 146 Å². The molecule has 0 aromatic carbocycles. The van der Waals surface area contributed by atoms with Crippen molar-refractivity contribution in [2.24, 2.45) is 5.92 Å². The fraction of sp³-hybridized carbons (Fsp3) is 0.562. The van der Waals surface area contributed by atoms with Gasteiger partial charge in [-0.25, -0.2) is 13.8 Å². The van der Waals surface area contributed by atoms with Crippen LogP contribution in [-0.2, 0) is 4.79 Å². The first-order chi connectivity index (χ1) is 12.2. The van der Waals surface area contributed by atoms with Gasteiger partial charge in [-0.1, -0.05) is 0 Å². The highest BCUT2D eigenvalue weighted by Crippen LogP contribution is 2.25. The van der Waals surface area contributed by atoms with E-state index in [4.69, 9.17) is 5.11 Å². The van der Waals surface area contributed by atoms with Gasteiger partial charge in [0.15, 0.2) is 6.61 Å². The summed E-state index contributed by atoms with van der Waals surface area (Å²) in [5.41, 5.74) is 0.151. The van der Waals surface area contributed by atoms with E-state index in [1.54, 1.807) is 0 Å². The lowest BCUT2D eigenvalue weighted by molar-refractivity contribution is -0.148. The maximum Gasteiger partial charge on any atom is 0.340 e. The van der Waals surface area contributed by atoms with E-state index in [1.807, 2.05) is 0 Å². The van der Waals surface area contributed by atoms with Crippen LogP contribution >= 0.6 is 0 Å². The molecule has 1 aliphatic rings. The fourth-order valence-corrected chi connectivity index (χ4v) is 2.59. The third-order valence-corrected chi connectivity index (χ3v) is 4.14. The number of nitrogens with one attached hydrogen (secondary N) is 1. The topological polar surface area (TPSA) is 88.5 Å². The van der Waals surface area contributed by atoms with Gasteiger partial charge in [0.25, 0.3) is 5.91 Å². The molecule has 2 rings (SSSR count). The van der Waals surface area contributed by atoms with Crippen LogP contribution in [0.1, 0.15) is 36.0 Å². The second-order valence-electron chi connectivity index (χ2n) is 6.10. The van der Waals surface area contributed by atoms with Crippen molar-refractivity contribution in [3.8, 4) is 5.88 Å². The molecular formula is C16H18F4N2O4. The number of pyridine rings is 1. The number of hydrogen-bond acceptors (Lipinski definition) is 4. The van der Waals surface area contributed by atoms with Crippen molar-refractivity contribution in [3.63, 3.8) is 0 Å². The third kappa shape index (κ3) is 5.30. The molecule has 0 unspecified atom stereocenters. The van der Waals surface area contributed by atoms with Crippen molar-refractivity contribution in [1.29, 1.82) is 0 Å². The van der Waals surface area contributed by atoms with E-state index in [2.05, 4.69) is 15.0 Å². The van der Waals surface area contributed by atoms with Crippen LogP contribution in [0, 0.1) is 5.92 Å². The lowest BCUT2D eigenvalue weighted by Gasteiger charge is -2.26. The zero-order valence-corrected chi connectivity index (χ0v) is 13.6. The molecule has 0 aliphatic heterocycles. The van der Waals surface area contributed by atoms with Gasteiger partial charge < -0.3 is 15.2 Å². The van der Waals surface area contributed by atoms with Crippen LogP contribution in [0.3, 0.4) is 0 Å². The van der Waals surface area contributed by atoms with Gasteiger partial charge in [0, 0.05) is 18.3 Å². The molecule has 10 heteroatoms. The molecule has 1 aliphatic carbocycles. The number of hydrogen-bond donors (Lipinski definition) is 2. The number of halogens is 4. The predicted octanol–water partition coefficient (Wildman–Crippen LogP) is 2.73. The largest absolute Gasteiger partial charge is 0.481 e. The number of amides is 1. The molecule has 1 amide bonds. The Morgan fingerprint density at radius 3 is 2.42 bits per heavy atom. The highest BCUT2D eigenvalue weighted by atomic mass is 19.3. The Hall–Kier alpha value is -2.39. The molecule has 1 aromatic rings. The summed E-state index contributed by atoms with van der Waals surface area (Å²) in [5, 5.41) is 11.7. The van der Waals surface area contributed by atoms with Gasteiger partial charge in [0.05, 0.1) is 11.5 Å². The zero-order chi connectivity index (χ0) is 19.3. The molecule has 26 heavy (non-hydrogen) atoms. The minimum Gasteiger partial charge on any atom is -0.481 e. The molecule has 0 atom stereocenters. The van der Waals surface area contributed by atoms with Gasteiger partial charge in [-0.2, -0.15) is 8.78 Å². The van der Waals surface area contributed by atoms with Crippen molar-refractivity contribution in [2.45, 2.75) is 44.1 Å². The lowest BCUT2D eigenvalue weighted by Crippen LogP contribution is -2.38. The molecule has 2 N–H and O–H groups in total. The number of ether oxygens (including phenoxy) is 1. The maximum atomic E-state index is 12.8. The highest BCUT2D eigenvalue weighted by molar-refractivity contribution is 5.94. The smallest absolute Gasteiger partial charge is 0.340 e. The molecular weight excluding hydrogens is 360 g/mol. The highest BCUT2D eigenvalue weighted by Gasteiger charge is 2.41. The Bertz CT molecular complexity index is 632. The van der Waals surface area contributed by atoms with Crippen LogP contribution in [-0.4, -0.2) is 47.0 Å². The minimum atomic E-state index is -4.29. The van der Waals surface area contributed by atoms with Crippen molar-refractivity contribution in [1.82, 2.24) is 10.3 Å². The number of carbonyl (C=O) groups excluding carboxylic acids is 1. The molecule has 1 aromatic heterocycles. The Kier molecular flexibility index (Phi) is 6.38. The lowest BCUT2D eigenvalue weighted by atomic mass is 9.86. The molecule has 0 radical (unpaired) electrons. The number of alkyl halides is 4. The van der Waals surface area contributed by atoms with Gasteiger partial charge in [0.1, 0.15) is 0 Å². The minimum absolute atomic E-state index is 0.151. The van der Waals surface area contributed by atoms with Gasteiger partial charge in [0.2, 0.25) is 5.88 Å². The van der Waals surface area contributed by atoms with Crippen molar-refractivity contribution in [3.05, 3.63) is 23.9 Å². The van der Waals surface area contributed by atoms with E-state index in [1.165, 1.54) is 6.07 Å². The van der Waals surface area contributed by atoms with Gasteiger partial charge >= 0.3 is 18.3 Å². The molecule has 6 nitrogen and oxygen atoms in total. The van der Waals surface area contributed by atoms with Gasteiger partial charge in [-0.05, 0) is 31.7 Å². The monoisotopic (exact) mass is 378 g/mol. The third-order valence-electron chi connectivity index (χ3n) is 4.14. The van der Waals surface area contributed by atoms with E-state index < -0.39 is 36.7 Å². The number of aromatic nitrogens is 1. The first-order valence-electron chi connectivity index (χ1n) is 7.97. The predicted molar refractivity (Wildman–Crippen MR) is 81.5 cm³/mol. The first-order valence-corrected chi connectivity index (χ1v) is 7.97. The number of carboxylic acids is 1. The first kappa shape index (κ1) is 19.9. The van der Waals surface area contributed by atoms with Crippen molar-refractivity contribution >= 4 is 11.9 Å². The molecule has 1 fully saturated rings. The molecule has 1 saturated carbocycles. The Morgan fingerprint density at radius 1 is 1.27 bits per heavy atom. The summed E-state index contributed by atoms with van der Waals surface area (Å²) >= 11 is 0. The normalized spacial score (nSPS) is 20.7. The average Bonchev–Trinajstić information content (AvgIpc) is 2.60. The number of carboxylic acid groups (broad SMARTS) is 1. The summed E-state index contributed by atoms with van der Waals surface area (Å²) in [4.78, 5) is 26.7. The van der Waals surface area contributed by atoms with Crippen LogP contribution in [0.5, 0.6) is 5.88 Å². The quantitative estimate of drug-likeness (QED) is 0.713. The standard InChI is InChI=1S/C16H18F4N2O4/c17-15(18)16(19,20)8-26-12-6-3-10(7-21-12)13(23)22-11-4-1-9(2-5-11)14(24)25/h3,6-7,9,11,15H,1-2,4-5,8H2,(H,22,23)(H,24,25). The van der Waals surface area contributed by atoms with Crippen LogP contribution < -0.4 is 10.1 Å². The van der Waals surface area contributed by atoms with E-state index in [0.29, 0.717) is 25.7 Å². The molecule has 0 spiro atoms. The van der Waals surface area contributed by atoms with E-state index in [9.17, 15) is 27.2 Å². The summed E-state index contributed by atoms with van der Waals surface area (Å²) in [7, 11) is 0. The summed E-state index contributed by atoms with van der Waals surface area (Å²) in [6, 6.07) is 2.26. The fourth-order valence-electron chi connectivity index (χ4n) is 2.59.